The Morgan fingerprint density at radius 3 is 2.50 bits per heavy atom. The topological polar surface area (TPSA) is 15.3 Å². The molecule has 1 aliphatic heterocycles. The number of benzene rings is 1. The maximum Gasteiger partial charge on any atom is 0.0449 e. The van der Waals surface area contributed by atoms with Gasteiger partial charge in [-0.1, -0.05) is 30.3 Å². The van der Waals surface area contributed by atoms with Gasteiger partial charge in [-0.15, -0.1) is 0 Å². The van der Waals surface area contributed by atoms with Gasteiger partial charge < -0.3 is 5.32 Å². The van der Waals surface area contributed by atoms with Gasteiger partial charge in [0.2, 0.25) is 0 Å². The van der Waals surface area contributed by atoms with E-state index in [-0.39, 0.29) is 0 Å². The average Bonchev–Trinajstić information content (AvgIpc) is 2.96. The Bertz CT molecular complexity index is 483. The number of hydrogen-bond acceptors (Lipinski definition) is 2. The highest BCUT2D eigenvalue weighted by Gasteiger charge is 2.66. The van der Waals surface area contributed by atoms with Crippen molar-refractivity contribution in [1.82, 2.24) is 10.2 Å². The number of fused-ring (bicyclic) bond motifs is 5. The predicted molar refractivity (Wildman–Crippen MR) is 80.4 cm³/mol. The normalized spacial score (nSPS) is 46.4. The highest BCUT2D eigenvalue weighted by Crippen LogP contribution is 2.67. The highest BCUT2D eigenvalue weighted by molar-refractivity contribution is 5.22. The largest absolute Gasteiger partial charge is 0.308 e. The third-order valence-corrected chi connectivity index (χ3v) is 6.53. The zero-order chi connectivity index (χ0) is 13.1. The minimum Gasteiger partial charge on any atom is -0.308 e. The van der Waals surface area contributed by atoms with E-state index >= 15 is 0 Å². The summed E-state index contributed by atoms with van der Waals surface area (Å²) in [7, 11) is 0. The number of nitrogens with zero attached hydrogens (tertiary/aromatic N) is 1. The molecule has 5 rings (SSSR count). The lowest BCUT2D eigenvalue weighted by atomic mass is 10.0. The minimum atomic E-state index is 0.545. The van der Waals surface area contributed by atoms with Crippen molar-refractivity contribution >= 4 is 0 Å². The molecule has 2 bridgehead atoms. The van der Waals surface area contributed by atoms with Gasteiger partial charge in [-0.25, -0.2) is 0 Å². The molecule has 0 aromatic heterocycles. The van der Waals surface area contributed by atoms with Crippen molar-refractivity contribution in [3.8, 4) is 0 Å². The van der Waals surface area contributed by atoms with Crippen molar-refractivity contribution in [2.45, 2.75) is 31.3 Å². The summed E-state index contributed by atoms with van der Waals surface area (Å²) in [5.74, 6) is 4.37. The van der Waals surface area contributed by atoms with Gasteiger partial charge in [0.25, 0.3) is 0 Å². The second-order valence-corrected chi connectivity index (χ2v) is 7.39. The average molecular weight is 268 g/mol. The summed E-state index contributed by atoms with van der Waals surface area (Å²) in [6.07, 6.45) is 4.65. The summed E-state index contributed by atoms with van der Waals surface area (Å²) in [6, 6.07) is 12.5. The van der Waals surface area contributed by atoms with Crippen molar-refractivity contribution in [3.63, 3.8) is 0 Å². The highest BCUT2D eigenvalue weighted by atomic mass is 15.3. The van der Waals surface area contributed by atoms with Crippen LogP contribution in [0.3, 0.4) is 0 Å². The third kappa shape index (κ3) is 1.64. The molecule has 0 amide bonds. The smallest absolute Gasteiger partial charge is 0.0449 e. The van der Waals surface area contributed by atoms with Gasteiger partial charge in [0.05, 0.1) is 0 Å². The molecule has 3 aliphatic carbocycles. The van der Waals surface area contributed by atoms with Crippen molar-refractivity contribution in [1.29, 1.82) is 0 Å². The second kappa shape index (κ2) is 4.32. The summed E-state index contributed by atoms with van der Waals surface area (Å²) >= 11 is 0. The SMILES string of the molecule is c1ccc(C2CN(C3C4C5CCC(C5)C43)CCN2)cc1. The van der Waals surface area contributed by atoms with Gasteiger partial charge in [0.1, 0.15) is 0 Å². The van der Waals surface area contributed by atoms with E-state index in [9.17, 15) is 0 Å². The zero-order valence-electron chi connectivity index (χ0n) is 12.0. The summed E-state index contributed by atoms with van der Waals surface area (Å²) < 4.78 is 0. The summed E-state index contributed by atoms with van der Waals surface area (Å²) in [4.78, 5) is 2.83. The maximum atomic E-state index is 3.71. The Morgan fingerprint density at radius 1 is 1.00 bits per heavy atom. The van der Waals surface area contributed by atoms with Gasteiger partial charge in [-0.2, -0.15) is 0 Å². The Labute approximate surface area is 121 Å². The van der Waals surface area contributed by atoms with Crippen LogP contribution in [0.4, 0.5) is 0 Å². The maximum absolute atomic E-state index is 3.71. The van der Waals surface area contributed by atoms with Crippen LogP contribution in [0.2, 0.25) is 0 Å². The van der Waals surface area contributed by atoms with Gasteiger partial charge in [0.15, 0.2) is 0 Å². The van der Waals surface area contributed by atoms with Crippen LogP contribution in [-0.4, -0.2) is 30.6 Å². The third-order valence-electron chi connectivity index (χ3n) is 6.53. The number of nitrogens with one attached hydrogen (secondary N) is 1. The van der Waals surface area contributed by atoms with Crippen LogP contribution in [-0.2, 0) is 0 Å². The van der Waals surface area contributed by atoms with E-state index in [1.807, 2.05) is 0 Å². The number of piperazine rings is 1. The van der Waals surface area contributed by atoms with E-state index in [0.717, 1.165) is 36.3 Å². The van der Waals surface area contributed by atoms with E-state index < -0.39 is 0 Å². The van der Waals surface area contributed by atoms with Crippen LogP contribution in [0, 0.1) is 23.7 Å². The molecule has 106 valence electrons. The van der Waals surface area contributed by atoms with Gasteiger partial charge in [-0.05, 0) is 48.5 Å². The standard InChI is InChI=1S/C18H24N2/c1-2-4-12(5-3-1)15-11-20(9-8-19-15)18-16-13-6-7-14(10-13)17(16)18/h1-5,13-19H,6-11H2. The first-order chi connectivity index (χ1) is 9.92. The fraction of sp³-hybridized carbons (Fsp3) is 0.667. The molecule has 1 aromatic rings. The van der Waals surface area contributed by atoms with Crippen molar-refractivity contribution in [3.05, 3.63) is 35.9 Å². The van der Waals surface area contributed by atoms with Crippen LogP contribution >= 0.6 is 0 Å². The van der Waals surface area contributed by atoms with Crippen molar-refractivity contribution < 1.29 is 0 Å². The molecule has 1 aromatic carbocycles. The minimum absolute atomic E-state index is 0.545. The Hall–Kier alpha value is -0.860. The van der Waals surface area contributed by atoms with E-state index in [0.29, 0.717) is 6.04 Å². The van der Waals surface area contributed by atoms with Crippen LogP contribution < -0.4 is 5.32 Å². The first kappa shape index (κ1) is 11.8. The van der Waals surface area contributed by atoms with Gasteiger partial charge >= 0.3 is 0 Å². The molecule has 0 spiro atoms. The van der Waals surface area contributed by atoms with Crippen molar-refractivity contribution in [2.75, 3.05) is 19.6 Å². The summed E-state index contributed by atoms with van der Waals surface area (Å²) in [6.45, 7) is 3.65. The molecule has 5 atom stereocenters. The molecule has 4 aliphatic rings. The lowest BCUT2D eigenvalue weighted by Crippen LogP contribution is -2.47. The Kier molecular flexibility index (Phi) is 2.54. The van der Waals surface area contributed by atoms with Gasteiger partial charge in [-0.3, -0.25) is 4.90 Å². The molecule has 20 heavy (non-hydrogen) atoms. The molecule has 3 saturated carbocycles. The fourth-order valence-electron chi connectivity index (χ4n) is 5.72. The second-order valence-electron chi connectivity index (χ2n) is 7.39. The molecule has 2 nitrogen and oxygen atoms in total. The van der Waals surface area contributed by atoms with Gasteiger partial charge in [0, 0.05) is 31.7 Å². The van der Waals surface area contributed by atoms with Crippen LogP contribution in [0.25, 0.3) is 0 Å². The number of rotatable bonds is 2. The first-order valence-corrected chi connectivity index (χ1v) is 8.44. The monoisotopic (exact) mass is 268 g/mol. The molecule has 2 heteroatoms. The molecular weight excluding hydrogens is 244 g/mol. The lowest BCUT2D eigenvalue weighted by molar-refractivity contribution is 0.164. The van der Waals surface area contributed by atoms with E-state index in [1.54, 1.807) is 6.42 Å². The molecule has 5 unspecified atom stereocenters. The molecule has 1 heterocycles. The van der Waals surface area contributed by atoms with E-state index in [1.165, 1.54) is 31.5 Å². The predicted octanol–water partition coefficient (Wildman–Crippen LogP) is 2.68. The summed E-state index contributed by atoms with van der Waals surface area (Å²) in [5.41, 5.74) is 1.46. The molecular formula is C18H24N2. The van der Waals surface area contributed by atoms with E-state index in [4.69, 9.17) is 0 Å². The summed E-state index contributed by atoms with van der Waals surface area (Å²) in [5, 5.41) is 3.71. The van der Waals surface area contributed by atoms with Crippen molar-refractivity contribution in [2.24, 2.45) is 23.7 Å². The quantitative estimate of drug-likeness (QED) is 0.887. The lowest BCUT2D eigenvalue weighted by Gasteiger charge is -2.35. The van der Waals surface area contributed by atoms with Crippen LogP contribution in [0.5, 0.6) is 0 Å². The molecule has 4 fully saturated rings. The molecule has 0 radical (unpaired) electrons. The molecule has 1 saturated heterocycles. The van der Waals surface area contributed by atoms with Crippen LogP contribution in [0.15, 0.2) is 30.3 Å². The number of hydrogen-bond donors (Lipinski definition) is 1. The fourth-order valence-corrected chi connectivity index (χ4v) is 5.72. The zero-order valence-corrected chi connectivity index (χ0v) is 12.0. The first-order valence-electron chi connectivity index (χ1n) is 8.44. The van der Waals surface area contributed by atoms with E-state index in [2.05, 4.69) is 40.5 Å². The Balaban J connectivity index is 1.32. The van der Waals surface area contributed by atoms with Crippen LogP contribution in [0.1, 0.15) is 30.9 Å². The molecule has 1 N–H and O–H groups in total. The Morgan fingerprint density at radius 2 is 1.75 bits per heavy atom.